The highest BCUT2D eigenvalue weighted by Gasteiger charge is 2.19. The van der Waals surface area contributed by atoms with Crippen LogP contribution in [0.2, 0.25) is 0 Å². The Bertz CT molecular complexity index is 558. The third-order valence-corrected chi connectivity index (χ3v) is 4.21. The van der Waals surface area contributed by atoms with E-state index in [-0.39, 0.29) is 0 Å². The van der Waals surface area contributed by atoms with E-state index in [4.69, 9.17) is 4.74 Å². The first-order chi connectivity index (χ1) is 9.88. The summed E-state index contributed by atoms with van der Waals surface area (Å²) in [5.41, 5.74) is 2.42. The minimum absolute atomic E-state index is 0.368. The van der Waals surface area contributed by atoms with Gasteiger partial charge in [0, 0.05) is 24.2 Å². The molecule has 1 aromatic carbocycles. The molecule has 0 amide bonds. The molecule has 1 aliphatic heterocycles. The lowest BCUT2D eigenvalue weighted by Gasteiger charge is -2.20. The van der Waals surface area contributed by atoms with E-state index in [0.717, 1.165) is 25.0 Å². The van der Waals surface area contributed by atoms with Gasteiger partial charge in [0.15, 0.2) is 0 Å². The van der Waals surface area contributed by atoms with E-state index in [1.54, 1.807) is 0 Å². The molecule has 0 saturated carbocycles. The Morgan fingerprint density at radius 2 is 2.25 bits per heavy atom. The maximum Gasteiger partial charge on any atom is 0.0705 e. The van der Waals surface area contributed by atoms with Crippen LogP contribution in [0.25, 0.3) is 10.9 Å². The van der Waals surface area contributed by atoms with Gasteiger partial charge in [-0.15, -0.1) is 0 Å². The van der Waals surface area contributed by atoms with Gasteiger partial charge in [0.05, 0.1) is 11.6 Å². The zero-order valence-electron chi connectivity index (χ0n) is 12.0. The topological polar surface area (TPSA) is 34.1 Å². The minimum Gasteiger partial charge on any atom is -0.378 e. The highest BCUT2D eigenvalue weighted by Crippen LogP contribution is 2.28. The number of nitrogens with zero attached hydrogens (tertiary/aromatic N) is 1. The molecule has 0 aliphatic carbocycles. The van der Waals surface area contributed by atoms with E-state index in [2.05, 4.69) is 34.6 Å². The van der Waals surface area contributed by atoms with Crippen LogP contribution in [0, 0.1) is 0 Å². The minimum atomic E-state index is 0.368. The van der Waals surface area contributed by atoms with Gasteiger partial charge in [0.2, 0.25) is 0 Å². The first-order valence-corrected chi connectivity index (χ1v) is 7.51. The second kappa shape index (κ2) is 6.33. The highest BCUT2D eigenvalue weighted by molar-refractivity contribution is 5.82. The SMILES string of the molecule is CNC(CCC1CCCO1)c1ccnc2ccccc12. The van der Waals surface area contributed by atoms with Crippen molar-refractivity contribution in [2.45, 2.75) is 37.8 Å². The van der Waals surface area contributed by atoms with Gasteiger partial charge in [-0.05, 0) is 50.4 Å². The summed E-state index contributed by atoms with van der Waals surface area (Å²) in [6.07, 6.45) is 7.03. The Hall–Kier alpha value is -1.45. The lowest BCUT2D eigenvalue weighted by molar-refractivity contribution is 0.0999. The standard InChI is InChI=1S/C17H22N2O/c1-18-16(9-8-13-5-4-12-20-13)15-10-11-19-17-7-3-2-6-14(15)17/h2-3,6-7,10-11,13,16,18H,4-5,8-9,12H2,1H3. The fraction of sp³-hybridized carbons (Fsp3) is 0.471. The van der Waals surface area contributed by atoms with Gasteiger partial charge in [-0.1, -0.05) is 18.2 Å². The van der Waals surface area contributed by atoms with E-state index in [9.17, 15) is 0 Å². The molecule has 1 aromatic heterocycles. The zero-order chi connectivity index (χ0) is 13.8. The monoisotopic (exact) mass is 270 g/mol. The lowest BCUT2D eigenvalue weighted by atomic mass is 9.96. The summed E-state index contributed by atoms with van der Waals surface area (Å²) >= 11 is 0. The molecule has 106 valence electrons. The predicted octanol–water partition coefficient (Wildman–Crippen LogP) is 3.45. The first kappa shape index (κ1) is 13.5. The van der Waals surface area contributed by atoms with Crippen molar-refractivity contribution >= 4 is 10.9 Å². The van der Waals surface area contributed by atoms with E-state index < -0.39 is 0 Å². The second-order valence-electron chi connectivity index (χ2n) is 5.47. The lowest BCUT2D eigenvalue weighted by Crippen LogP contribution is -2.19. The van der Waals surface area contributed by atoms with Crippen molar-refractivity contribution in [3.8, 4) is 0 Å². The molecular weight excluding hydrogens is 248 g/mol. The average molecular weight is 270 g/mol. The molecular formula is C17H22N2O. The molecule has 2 heterocycles. The molecule has 20 heavy (non-hydrogen) atoms. The summed E-state index contributed by atoms with van der Waals surface area (Å²) in [6.45, 7) is 0.938. The average Bonchev–Trinajstić information content (AvgIpc) is 3.01. The van der Waals surface area contributed by atoms with Crippen molar-refractivity contribution in [1.82, 2.24) is 10.3 Å². The smallest absolute Gasteiger partial charge is 0.0705 e. The van der Waals surface area contributed by atoms with E-state index in [1.807, 2.05) is 19.3 Å². The Kier molecular flexibility index (Phi) is 4.28. The van der Waals surface area contributed by atoms with Crippen LogP contribution in [0.1, 0.15) is 37.3 Å². The third kappa shape index (κ3) is 2.84. The maximum absolute atomic E-state index is 5.73. The normalized spacial score (nSPS) is 20.4. The van der Waals surface area contributed by atoms with Crippen molar-refractivity contribution in [2.24, 2.45) is 0 Å². The maximum atomic E-state index is 5.73. The predicted molar refractivity (Wildman–Crippen MR) is 81.8 cm³/mol. The molecule has 0 bridgehead atoms. The number of ether oxygens (including phenoxy) is 1. The summed E-state index contributed by atoms with van der Waals surface area (Å²) < 4.78 is 5.73. The third-order valence-electron chi connectivity index (χ3n) is 4.21. The Morgan fingerprint density at radius 3 is 3.05 bits per heavy atom. The van der Waals surface area contributed by atoms with Crippen LogP contribution >= 0.6 is 0 Å². The molecule has 3 heteroatoms. The van der Waals surface area contributed by atoms with E-state index in [1.165, 1.54) is 23.8 Å². The largest absolute Gasteiger partial charge is 0.378 e. The van der Waals surface area contributed by atoms with Crippen LogP contribution in [-0.2, 0) is 4.74 Å². The number of nitrogens with one attached hydrogen (secondary N) is 1. The number of rotatable bonds is 5. The van der Waals surface area contributed by atoms with Gasteiger partial charge < -0.3 is 10.1 Å². The van der Waals surface area contributed by atoms with Crippen LogP contribution in [0.4, 0.5) is 0 Å². The number of benzene rings is 1. The molecule has 2 aromatic rings. The van der Waals surface area contributed by atoms with Crippen molar-refractivity contribution in [2.75, 3.05) is 13.7 Å². The number of fused-ring (bicyclic) bond motifs is 1. The fourth-order valence-corrected chi connectivity index (χ4v) is 3.10. The van der Waals surface area contributed by atoms with Crippen molar-refractivity contribution in [3.63, 3.8) is 0 Å². The number of pyridine rings is 1. The molecule has 1 saturated heterocycles. The van der Waals surface area contributed by atoms with Crippen LogP contribution < -0.4 is 5.32 Å². The number of para-hydroxylation sites is 1. The zero-order valence-corrected chi connectivity index (χ0v) is 12.0. The van der Waals surface area contributed by atoms with Crippen molar-refractivity contribution in [3.05, 3.63) is 42.1 Å². The van der Waals surface area contributed by atoms with Crippen molar-refractivity contribution in [1.29, 1.82) is 0 Å². The number of hydrogen-bond donors (Lipinski definition) is 1. The number of hydrogen-bond acceptors (Lipinski definition) is 3. The molecule has 0 spiro atoms. The summed E-state index contributed by atoms with van der Waals surface area (Å²) in [5.74, 6) is 0. The molecule has 3 rings (SSSR count). The Morgan fingerprint density at radius 1 is 1.35 bits per heavy atom. The van der Waals surface area contributed by atoms with Crippen LogP contribution in [-0.4, -0.2) is 24.7 Å². The van der Waals surface area contributed by atoms with E-state index in [0.29, 0.717) is 12.1 Å². The number of aromatic nitrogens is 1. The van der Waals surface area contributed by atoms with Gasteiger partial charge in [-0.3, -0.25) is 4.98 Å². The van der Waals surface area contributed by atoms with Gasteiger partial charge in [0.1, 0.15) is 0 Å². The first-order valence-electron chi connectivity index (χ1n) is 7.51. The summed E-state index contributed by atoms with van der Waals surface area (Å²) in [7, 11) is 2.04. The van der Waals surface area contributed by atoms with Crippen molar-refractivity contribution < 1.29 is 4.74 Å². The Labute approximate surface area is 120 Å². The highest BCUT2D eigenvalue weighted by atomic mass is 16.5. The van der Waals surface area contributed by atoms with Gasteiger partial charge in [-0.25, -0.2) is 0 Å². The molecule has 0 radical (unpaired) electrons. The fourth-order valence-electron chi connectivity index (χ4n) is 3.10. The Balaban J connectivity index is 1.79. The van der Waals surface area contributed by atoms with Gasteiger partial charge >= 0.3 is 0 Å². The summed E-state index contributed by atoms with van der Waals surface area (Å²) in [5, 5.41) is 4.70. The van der Waals surface area contributed by atoms with Crippen LogP contribution in [0.5, 0.6) is 0 Å². The summed E-state index contributed by atoms with van der Waals surface area (Å²) in [6, 6.07) is 10.9. The quantitative estimate of drug-likeness (QED) is 0.903. The molecule has 1 fully saturated rings. The molecule has 2 unspecified atom stereocenters. The molecule has 3 nitrogen and oxygen atoms in total. The van der Waals surface area contributed by atoms with Gasteiger partial charge in [0.25, 0.3) is 0 Å². The molecule has 2 atom stereocenters. The molecule has 1 N–H and O–H groups in total. The summed E-state index contributed by atoms with van der Waals surface area (Å²) in [4.78, 5) is 4.44. The van der Waals surface area contributed by atoms with Crippen LogP contribution in [0.3, 0.4) is 0 Å². The van der Waals surface area contributed by atoms with Crippen LogP contribution in [0.15, 0.2) is 36.5 Å². The van der Waals surface area contributed by atoms with E-state index >= 15 is 0 Å². The van der Waals surface area contributed by atoms with Gasteiger partial charge in [-0.2, -0.15) is 0 Å². The second-order valence-corrected chi connectivity index (χ2v) is 5.47. The molecule has 1 aliphatic rings.